The van der Waals surface area contributed by atoms with E-state index in [0.717, 1.165) is 6.42 Å². The van der Waals surface area contributed by atoms with Crippen molar-refractivity contribution in [3.8, 4) is 0 Å². The molecule has 1 saturated carbocycles. The molecule has 0 aliphatic heterocycles. The first-order valence-electron chi connectivity index (χ1n) is 6.48. The Morgan fingerprint density at radius 2 is 1.94 bits per heavy atom. The molecule has 0 heterocycles. The predicted molar refractivity (Wildman–Crippen MR) is 71.2 cm³/mol. The highest BCUT2D eigenvalue weighted by Gasteiger charge is 2.38. The van der Waals surface area contributed by atoms with Gasteiger partial charge in [-0.2, -0.15) is 0 Å². The molecule has 17 heavy (non-hydrogen) atoms. The van der Waals surface area contributed by atoms with Crippen LogP contribution in [-0.2, 0) is 4.74 Å². The summed E-state index contributed by atoms with van der Waals surface area (Å²) in [7, 11) is 3.88. The average Bonchev–Trinajstić information content (AvgIpc) is 2.30. The van der Waals surface area contributed by atoms with Gasteiger partial charge in [-0.3, -0.25) is 0 Å². The molecule has 1 atom stereocenters. The Kier molecular flexibility index (Phi) is 3.85. The van der Waals surface area contributed by atoms with Crippen molar-refractivity contribution >= 4 is 0 Å². The van der Waals surface area contributed by atoms with E-state index in [9.17, 15) is 0 Å². The topological polar surface area (TPSA) is 21.3 Å². The van der Waals surface area contributed by atoms with E-state index >= 15 is 0 Å². The van der Waals surface area contributed by atoms with Gasteiger partial charge in [0.05, 0.1) is 5.60 Å². The molecular weight excluding hydrogens is 210 g/mol. The van der Waals surface area contributed by atoms with E-state index in [1.807, 2.05) is 14.2 Å². The van der Waals surface area contributed by atoms with Crippen molar-refractivity contribution in [1.29, 1.82) is 0 Å². The average molecular weight is 233 g/mol. The van der Waals surface area contributed by atoms with Crippen LogP contribution in [0.15, 0.2) is 24.3 Å². The number of hydrogen-bond acceptors (Lipinski definition) is 2. The van der Waals surface area contributed by atoms with E-state index in [1.54, 1.807) is 0 Å². The first-order valence-corrected chi connectivity index (χ1v) is 6.48. The Hall–Kier alpha value is -0.860. The predicted octanol–water partition coefficient (Wildman–Crippen LogP) is 3.21. The summed E-state index contributed by atoms with van der Waals surface area (Å²) in [5.41, 5.74) is 2.80. The number of methoxy groups -OCH3 is 1. The summed E-state index contributed by atoms with van der Waals surface area (Å²) < 4.78 is 5.71. The van der Waals surface area contributed by atoms with Gasteiger partial charge in [0, 0.05) is 13.2 Å². The SMILES string of the molecule is CNC(CC1(OC)CCC1)c1ccc(C)cc1. The molecule has 1 unspecified atom stereocenters. The van der Waals surface area contributed by atoms with Gasteiger partial charge < -0.3 is 10.1 Å². The molecule has 0 radical (unpaired) electrons. The van der Waals surface area contributed by atoms with Gasteiger partial charge >= 0.3 is 0 Å². The summed E-state index contributed by atoms with van der Waals surface area (Å²) in [6.45, 7) is 2.13. The number of rotatable bonds is 5. The Labute approximate surface area is 104 Å². The normalized spacial score (nSPS) is 19.7. The lowest BCUT2D eigenvalue weighted by Gasteiger charge is -2.43. The molecule has 0 saturated heterocycles. The van der Waals surface area contributed by atoms with Crippen molar-refractivity contribution < 1.29 is 4.74 Å². The molecule has 1 aromatic rings. The lowest BCUT2D eigenvalue weighted by molar-refractivity contribution is -0.0834. The molecule has 1 aliphatic rings. The van der Waals surface area contributed by atoms with Crippen LogP contribution >= 0.6 is 0 Å². The van der Waals surface area contributed by atoms with Crippen LogP contribution in [0.1, 0.15) is 42.9 Å². The van der Waals surface area contributed by atoms with Crippen LogP contribution < -0.4 is 5.32 Å². The quantitative estimate of drug-likeness (QED) is 0.843. The maximum Gasteiger partial charge on any atom is 0.0697 e. The van der Waals surface area contributed by atoms with Crippen molar-refractivity contribution in [2.24, 2.45) is 0 Å². The molecular formula is C15H23NO. The summed E-state index contributed by atoms with van der Waals surface area (Å²) in [4.78, 5) is 0. The molecule has 0 amide bonds. The van der Waals surface area contributed by atoms with Crippen LogP contribution in [0.5, 0.6) is 0 Å². The molecule has 1 fully saturated rings. The molecule has 2 rings (SSSR count). The van der Waals surface area contributed by atoms with E-state index in [4.69, 9.17) is 4.74 Å². The van der Waals surface area contributed by atoms with Crippen LogP contribution in [0.4, 0.5) is 0 Å². The van der Waals surface area contributed by atoms with Crippen LogP contribution in [-0.4, -0.2) is 19.8 Å². The molecule has 0 spiro atoms. The fourth-order valence-corrected chi connectivity index (χ4v) is 2.62. The third-order valence-electron chi connectivity index (χ3n) is 4.10. The van der Waals surface area contributed by atoms with Gasteiger partial charge in [-0.05, 0) is 45.2 Å². The van der Waals surface area contributed by atoms with Crippen molar-refractivity contribution in [2.75, 3.05) is 14.2 Å². The number of nitrogens with one attached hydrogen (secondary N) is 1. The van der Waals surface area contributed by atoms with E-state index in [-0.39, 0.29) is 5.60 Å². The van der Waals surface area contributed by atoms with Gasteiger partial charge in [-0.15, -0.1) is 0 Å². The monoisotopic (exact) mass is 233 g/mol. The Bertz CT molecular complexity index is 348. The minimum absolute atomic E-state index is 0.124. The van der Waals surface area contributed by atoms with Crippen molar-refractivity contribution in [3.05, 3.63) is 35.4 Å². The second kappa shape index (κ2) is 5.19. The summed E-state index contributed by atoms with van der Waals surface area (Å²) in [6.07, 6.45) is 4.78. The van der Waals surface area contributed by atoms with E-state index in [2.05, 4.69) is 36.5 Å². The lowest BCUT2D eigenvalue weighted by atomic mass is 9.74. The highest BCUT2D eigenvalue weighted by Crippen LogP contribution is 2.41. The number of ether oxygens (including phenoxy) is 1. The van der Waals surface area contributed by atoms with Gasteiger partial charge in [0.25, 0.3) is 0 Å². The minimum Gasteiger partial charge on any atom is -0.378 e. The molecule has 2 heteroatoms. The minimum atomic E-state index is 0.124. The highest BCUT2D eigenvalue weighted by molar-refractivity contribution is 5.24. The third-order valence-corrected chi connectivity index (χ3v) is 4.10. The summed E-state index contributed by atoms with van der Waals surface area (Å²) in [5, 5.41) is 3.42. The first kappa shape index (κ1) is 12.6. The maximum atomic E-state index is 5.71. The molecule has 1 aliphatic carbocycles. The first-order chi connectivity index (χ1) is 8.19. The van der Waals surface area contributed by atoms with Gasteiger partial charge in [-0.1, -0.05) is 29.8 Å². The van der Waals surface area contributed by atoms with Crippen LogP contribution in [0, 0.1) is 6.92 Å². The number of aryl methyl sites for hydroxylation is 1. The van der Waals surface area contributed by atoms with Crippen LogP contribution in [0.25, 0.3) is 0 Å². The molecule has 0 aromatic heterocycles. The fourth-order valence-electron chi connectivity index (χ4n) is 2.62. The Balaban J connectivity index is 2.08. The van der Waals surface area contributed by atoms with Crippen LogP contribution in [0.2, 0.25) is 0 Å². The second-order valence-corrected chi connectivity index (χ2v) is 5.20. The van der Waals surface area contributed by atoms with Crippen molar-refractivity contribution in [2.45, 2.75) is 44.2 Å². The second-order valence-electron chi connectivity index (χ2n) is 5.20. The zero-order valence-electron chi connectivity index (χ0n) is 11.1. The summed E-state index contributed by atoms with van der Waals surface area (Å²) >= 11 is 0. The summed E-state index contributed by atoms with van der Waals surface area (Å²) in [6, 6.07) is 9.20. The largest absolute Gasteiger partial charge is 0.378 e. The molecule has 0 bridgehead atoms. The highest BCUT2D eigenvalue weighted by atomic mass is 16.5. The van der Waals surface area contributed by atoms with E-state index in [1.165, 1.54) is 30.4 Å². The zero-order valence-corrected chi connectivity index (χ0v) is 11.1. The Morgan fingerprint density at radius 3 is 2.35 bits per heavy atom. The lowest BCUT2D eigenvalue weighted by Crippen LogP contribution is -2.42. The smallest absolute Gasteiger partial charge is 0.0697 e. The zero-order chi connectivity index (χ0) is 12.3. The van der Waals surface area contributed by atoms with E-state index < -0.39 is 0 Å². The van der Waals surface area contributed by atoms with Crippen LogP contribution in [0.3, 0.4) is 0 Å². The van der Waals surface area contributed by atoms with Crippen molar-refractivity contribution in [1.82, 2.24) is 5.32 Å². The number of benzene rings is 1. The molecule has 94 valence electrons. The van der Waals surface area contributed by atoms with Gasteiger partial charge in [0.15, 0.2) is 0 Å². The number of hydrogen-bond donors (Lipinski definition) is 1. The van der Waals surface area contributed by atoms with Crippen molar-refractivity contribution in [3.63, 3.8) is 0 Å². The Morgan fingerprint density at radius 1 is 1.29 bits per heavy atom. The molecule has 2 nitrogen and oxygen atoms in total. The van der Waals surface area contributed by atoms with Gasteiger partial charge in [0.1, 0.15) is 0 Å². The van der Waals surface area contributed by atoms with E-state index in [0.29, 0.717) is 6.04 Å². The molecule has 1 aromatic carbocycles. The third kappa shape index (κ3) is 2.70. The van der Waals surface area contributed by atoms with Gasteiger partial charge in [-0.25, -0.2) is 0 Å². The van der Waals surface area contributed by atoms with Gasteiger partial charge in [0.2, 0.25) is 0 Å². The molecule has 1 N–H and O–H groups in total. The summed E-state index contributed by atoms with van der Waals surface area (Å²) in [5.74, 6) is 0. The fraction of sp³-hybridized carbons (Fsp3) is 0.600. The maximum absolute atomic E-state index is 5.71. The standard InChI is InChI=1S/C15H23NO/c1-12-5-7-13(8-6-12)14(16-2)11-15(17-3)9-4-10-15/h5-8,14,16H,4,9-11H2,1-3H3.